The second kappa shape index (κ2) is 11.1. The van der Waals surface area contributed by atoms with Crippen molar-refractivity contribution in [3.8, 4) is 0 Å². The van der Waals surface area contributed by atoms with E-state index in [4.69, 9.17) is 9.59 Å². The Morgan fingerprint density at radius 3 is 0.850 bits per heavy atom. The molecule has 0 aromatic heterocycles. The highest BCUT2D eigenvalue weighted by atomic mass is 28.3. The van der Waals surface area contributed by atoms with Gasteiger partial charge in [-0.05, 0) is 13.2 Å². The van der Waals surface area contributed by atoms with Crippen molar-refractivity contribution in [1.82, 2.24) is 0 Å². The van der Waals surface area contributed by atoms with E-state index in [9.17, 15) is 9.59 Å². The average molecular weight is 310 g/mol. The van der Waals surface area contributed by atoms with Crippen molar-refractivity contribution in [1.29, 1.82) is 0 Å². The van der Waals surface area contributed by atoms with E-state index >= 15 is 0 Å². The third-order valence-electron chi connectivity index (χ3n) is 1.95. The average Bonchev–Trinajstić information content (AvgIpc) is 2.24. The molecule has 0 amide bonds. The van der Waals surface area contributed by atoms with Crippen LogP contribution >= 0.6 is 0 Å². The topological polar surface area (TPSA) is 68.3 Å². The van der Waals surface area contributed by atoms with Crippen LogP contribution in [0.1, 0.15) is 0 Å². The fourth-order valence-electron chi connectivity index (χ4n) is 1.16. The van der Waals surface area contributed by atoms with E-state index in [2.05, 4.69) is 13.2 Å². The van der Waals surface area contributed by atoms with E-state index in [1.807, 2.05) is 51.2 Å². The zero-order valence-electron chi connectivity index (χ0n) is 13.0. The first-order valence-electron chi connectivity index (χ1n) is 5.77. The van der Waals surface area contributed by atoms with Crippen molar-refractivity contribution in [2.75, 3.05) is 0 Å². The molecule has 0 rings (SSSR count). The van der Waals surface area contributed by atoms with Crippen LogP contribution < -0.4 is 0 Å². The molecule has 6 heteroatoms. The molecule has 0 aromatic carbocycles. The van der Waals surface area contributed by atoms with E-state index in [-0.39, 0.29) is 0 Å². The number of carbonyl (C=O) groups excluding carboxylic acids is 4. The zero-order chi connectivity index (χ0) is 17.0. The van der Waals surface area contributed by atoms with Crippen LogP contribution in [0.5, 0.6) is 0 Å². The molecular weight excluding hydrogens is 288 g/mol. The highest BCUT2D eigenvalue weighted by Gasteiger charge is 2.32. The summed E-state index contributed by atoms with van der Waals surface area (Å²) in [6.45, 7) is 17.6. The van der Waals surface area contributed by atoms with Crippen LogP contribution in [-0.4, -0.2) is 39.9 Å². The van der Waals surface area contributed by atoms with E-state index in [0.717, 1.165) is 0 Å². The first kappa shape index (κ1) is 23.3. The van der Waals surface area contributed by atoms with Crippen LogP contribution in [0, 0.1) is 0 Å². The molecule has 0 heterocycles. The van der Waals surface area contributed by atoms with E-state index in [1.54, 1.807) is 0 Å². The van der Waals surface area contributed by atoms with Crippen LogP contribution in [0.3, 0.4) is 0 Å². The van der Waals surface area contributed by atoms with Crippen molar-refractivity contribution < 1.29 is 19.2 Å². The fourth-order valence-corrected chi connectivity index (χ4v) is 5.62. The maximum absolute atomic E-state index is 10.9. The molecule has 0 spiro atoms. The van der Waals surface area contributed by atoms with Crippen LogP contribution in [0.25, 0.3) is 0 Å². The summed E-state index contributed by atoms with van der Waals surface area (Å²) >= 11 is 0. The Morgan fingerprint density at radius 1 is 0.650 bits per heavy atom. The van der Waals surface area contributed by atoms with Gasteiger partial charge in [0.2, 0.25) is 0 Å². The lowest BCUT2D eigenvalue weighted by Crippen LogP contribution is -2.35. The Kier molecular flexibility index (Phi) is 12.9. The Hall–Kier alpha value is -1.77. The molecule has 4 nitrogen and oxygen atoms in total. The van der Waals surface area contributed by atoms with Gasteiger partial charge in [-0.15, -0.1) is 0 Å². The number of hydrogen-bond acceptors (Lipinski definition) is 4. The van der Waals surface area contributed by atoms with Crippen molar-refractivity contribution >= 4 is 39.9 Å². The lowest BCUT2D eigenvalue weighted by atomic mass is 10.6. The highest BCUT2D eigenvalue weighted by molar-refractivity contribution is 6.93. The fraction of sp³-hybridized carbons (Fsp3) is 0.429. The summed E-state index contributed by atoms with van der Waals surface area (Å²) in [5.74, 6) is 6.43. The second-order valence-corrected chi connectivity index (χ2v) is 15.7. The molecule has 0 saturated carbocycles. The summed E-state index contributed by atoms with van der Waals surface area (Å²) in [7, 11) is -3.50. The number of rotatable bonds is 3. The summed E-state index contributed by atoms with van der Waals surface area (Å²) in [5, 5.41) is 1.23. The molecule has 0 aliphatic heterocycles. The Bertz CT molecular complexity index is 422. The number of hydrogen-bond donors (Lipinski definition) is 0. The molecule has 110 valence electrons. The van der Waals surface area contributed by atoms with Crippen molar-refractivity contribution in [2.24, 2.45) is 0 Å². The molecule has 0 N–H and O–H groups in total. The quantitative estimate of drug-likeness (QED) is 0.455. The van der Waals surface area contributed by atoms with Crippen LogP contribution in [0.15, 0.2) is 23.6 Å². The summed E-state index contributed by atoms with van der Waals surface area (Å²) in [4.78, 5) is 38.9. The molecule has 0 aromatic rings. The molecule has 0 radical (unpaired) electrons. The lowest BCUT2D eigenvalue weighted by molar-refractivity contribution is 0.565. The van der Waals surface area contributed by atoms with Gasteiger partial charge in [0.15, 0.2) is 0 Å². The predicted molar refractivity (Wildman–Crippen MR) is 87.7 cm³/mol. The van der Waals surface area contributed by atoms with Gasteiger partial charge in [0.25, 0.3) is 0 Å². The van der Waals surface area contributed by atoms with Gasteiger partial charge in [-0.1, -0.05) is 39.3 Å². The maximum atomic E-state index is 10.9. The smallest absolute Gasteiger partial charge is 0.123 e. The summed E-state index contributed by atoms with van der Waals surface area (Å²) in [5.41, 5.74) is 0. The summed E-state index contributed by atoms with van der Waals surface area (Å²) in [6, 6.07) is 0. The van der Waals surface area contributed by atoms with Gasteiger partial charge in [0.05, 0.1) is 16.1 Å². The van der Waals surface area contributed by atoms with E-state index < -0.39 is 16.1 Å². The Morgan fingerprint density at radius 2 is 0.800 bits per heavy atom. The van der Waals surface area contributed by atoms with Crippen molar-refractivity contribution in [2.45, 2.75) is 39.3 Å². The van der Waals surface area contributed by atoms with Gasteiger partial charge < -0.3 is 0 Å². The Labute approximate surface area is 122 Å². The monoisotopic (exact) mass is 310 g/mol. The van der Waals surface area contributed by atoms with Crippen LogP contribution in [-0.2, 0) is 19.2 Å². The van der Waals surface area contributed by atoms with Gasteiger partial charge in [0, 0.05) is 10.4 Å². The molecule has 0 unspecified atom stereocenters. The normalized spacial score (nSPS) is 8.90. The van der Waals surface area contributed by atoms with Gasteiger partial charge in [0.1, 0.15) is 23.8 Å². The third-order valence-corrected chi connectivity index (χ3v) is 5.91. The largest absolute Gasteiger partial charge is 0.234 e. The van der Waals surface area contributed by atoms with Crippen molar-refractivity contribution in [3.05, 3.63) is 23.6 Å². The molecular formula is C14H22O4Si2. The minimum atomic E-state index is -1.75. The second-order valence-electron chi connectivity index (χ2n) is 5.74. The van der Waals surface area contributed by atoms with E-state index in [0.29, 0.717) is 10.4 Å². The standard InChI is InChI=1S/C10H18O2Si2.2C2H2O/c1-13(2,3)9(7-11)10(8-12)14(4,5)6;2*1-2-3/h1-6H3;2*1H2. The van der Waals surface area contributed by atoms with Gasteiger partial charge in [-0.3, -0.25) is 0 Å². The van der Waals surface area contributed by atoms with Crippen LogP contribution in [0.2, 0.25) is 39.3 Å². The summed E-state index contributed by atoms with van der Waals surface area (Å²) in [6.07, 6.45) is 0. The molecule has 0 aliphatic carbocycles. The first-order chi connectivity index (χ1) is 8.97. The highest BCUT2D eigenvalue weighted by Crippen LogP contribution is 2.25. The molecule has 0 bridgehead atoms. The lowest BCUT2D eigenvalue weighted by Gasteiger charge is -2.24. The third kappa shape index (κ3) is 11.3. The Balaban J connectivity index is -0.000000408. The predicted octanol–water partition coefficient (Wildman–Crippen LogP) is 2.27. The summed E-state index contributed by atoms with van der Waals surface area (Å²) < 4.78 is 0. The maximum Gasteiger partial charge on any atom is 0.123 e. The molecule has 20 heavy (non-hydrogen) atoms. The van der Waals surface area contributed by atoms with Gasteiger partial charge in [-0.2, -0.15) is 0 Å². The van der Waals surface area contributed by atoms with Gasteiger partial charge >= 0.3 is 0 Å². The van der Waals surface area contributed by atoms with E-state index in [1.165, 1.54) is 11.9 Å². The van der Waals surface area contributed by atoms with Crippen LogP contribution in [0.4, 0.5) is 0 Å². The SMILES string of the molecule is C=C=O.C=C=O.C[Si](C)(C)C(=C=O)C(=C=O)[Si](C)(C)C. The minimum absolute atomic E-state index is 0.617. The zero-order valence-corrected chi connectivity index (χ0v) is 15.0. The van der Waals surface area contributed by atoms with Gasteiger partial charge in [-0.25, -0.2) is 19.2 Å². The van der Waals surface area contributed by atoms with Crippen molar-refractivity contribution in [3.63, 3.8) is 0 Å². The first-order valence-corrected chi connectivity index (χ1v) is 12.8. The molecule has 0 saturated heterocycles. The minimum Gasteiger partial charge on any atom is -0.234 e. The molecule has 0 aliphatic rings. The number of allylic oxidation sites excluding steroid dienone is 2. The molecule has 0 fully saturated rings. The molecule has 0 atom stereocenters.